The number of nitrogens with two attached hydrogens (primary N) is 2. The van der Waals surface area contributed by atoms with Gasteiger partial charge in [0.2, 0.25) is 23.6 Å². The van der Waals surface area contributed by atoms with E-state index in [4.69, 9.17) is 87.2 Å². The molecule has 0 radical (unpaired) electrons. The van der Waals surface area contributed by atoms with Crippen molar-refractivity contribution in [3.05, 3.63) is 205 Å². The average molecular weight is 2720 g/mol. The van der Waals surface area contributed by atoms with Crippen LogP contribution in [0.5, 0.6) is 0 Å². The molecule has 0 saturated carbocycles. The van der Waals surface area contributed by atoms with Gasteiger partial charge in [0, 0.05) is 148 Å². The second-order valence-electron chi connectivity index (χ2n) is 18.8. The number of hydrogen-bond acceptors (Lipinski definition) is 22. The van der Waals surface area contributed by atoms with Gasteiger partial charge in [0.15, 0.2) is 0 Å². The van der Waals surface area contributed by atoms with E-state index >= 15 is 0 Å². The Labute approximate surface area is 927 Å². The molecule has 818 valence electrons. The second-order valence-corrected chi connectivity index (χ2v) is 38.5. The number of carbonyl (C=O) groups excluding carboxylic acids is 6. The predicted molar refractivity (Wildman–Crippen MR) is 566 cm³/mol. The molecule has 0 saturated heterocycles. The van der Waals surface area contributed by atoms with Crippen LogP contribution in [0.25, 0.3) is 6.15 Å². The molecule has 0 aliphatic rings. The number of rotatable bonds is 23. The van der Waals surface area contributed by atoms with Crippen LogP contribution in [-0.2, 0) is 92.5 Å². The van der Waals surface area contributed by atoms with E-state index in [-0.39, 0.29) is 223 Å². The molecule has 6 rings (SSSR count). The van der Waals surface area contributed by atoms with Crippen molar-refractivity contribution in [3.63, 3.8) is 0 Å². The molecular formula is C93H203Cl6IKN14O15Pt3-3. The number of carbonyl (C=O) groups is 7. The number of halogens is 7. The van der Waals surface area contributed by atoms with Crippen LogP contribution in [0.15, 0.2) is 184 Å². The summed E-state index contributed by atoms with van der Waals surface area (Å²) < 4.78 is 8.87. The monoisotopic (exact) mass is 2720 g/mol. The number of hydrogen-bond donors (Lipinski definition) is 12. The molecule has 0 aromatic carbocycles. The molecule has 0 atom stereocenters. The van der Waals surface area contributed by atoms with Crippen LogP contribution in [-0.4, -0.2) is 124 Å². The van der Waals surface area contributed by atoms with Crippen LogP contribution >= 0.6 is 56.5 Å². The van der Waals surface area contributed by atoms with Gasteiger partial charge in [-0.1, -0.05) is 297 Å². The third kappa shape index (κ3) is 380. The van der Waals surface area contributed by atoms with Crippen molar-refractivity contribution >= 4 is 98.0 Å². The Hall–Kier alpha value is -3.00. The zero-order valence-corrected chi connectivity index (χ0v) is 98.0. The first-order valence-corrected chi connectivity index (χ1v) is 56.4. The Bertz CT molecular complexity index is 2000. The number of nitrogens with one attached hydrogen (secondary N) is 4. The molecule has 0 bridgehead atoms. The van der Waals surface area contributed by atoms with Gasteiger partial charge in [-0.3, -0.25) is 79.1 Å². The van der Waals surface area contributed by atoms with Crippen LogP contribution in [0.1, 0.15) is 345 Å². The molecule has 29 nitrogen and oxygen atoms in total. The number of carboxylic acids is 1. The van der Waals surface area contributed by atoms with Gasteiger partial charge >= 0.3 is 148 Å². The third-order valence-electron chi connectivity index (χ3n) is 10.3. The van der Waals surface area contributed by atoms with E-state index in [0.717, 1.165) is 110 Å². The molecular weight excluding hydrogens is 2520 g/mol. The summed E-state index contributed by atoms with van der Waals surface area (Å²) >= 11 is -3.70. The first-order chi connectivity index (χ1) is 56.5. The molecule has 6 heterocycles. The van der Waals surface area contributed by atoms with Crippen molar-refractivity contribution < 1.29 is 199 Å². The summed E-state index contributed by atoms with van der Waals surface area (Å²) in [6.45, 7) is 41.6. The number of hydroxylamine groups is 3. The third-order valence-corrected chi connectivity index (χ3v) is 10.3. The second kappa shape index (κ2) is 267. The van der Waals surface area contributed by atoms with E-state index in [1.807, 2.05) is 213 Å². The van der Waals surface area contributed by atoms with E-state index in [9.17, 15) is 28.8 Å². The van der Waals surface area contributed by atoms with Gasteiger partial charge in [0.05, 0.1) is 14.2 Å². The number of carboxylic acid groups (broad SMARTS) is 1. The zero-order valence-electron chi connectivity index (χ0n) is 81.3. The van der Waals surface area contributed by atoms with Gasteiger partial charge in [0.1, 0.15) is 0 Å². The van der Waals surface area contributed by atoms with Crippen LogP contribution < -0.4 is 115 Å². The largest absolute Gasteiger partial charge is 1.00 e. The van der Waals surface area contributed by atoms with E-state index < -0.39 is 34.3 Å². The van der Waals surface area contributed by atoms with Crippen LogP contribution in [0.4, 0.5) is 0 Å². The summed E-state index contributed by atoms with van der Waals surface area (Å²) in [5, 5.41) is 40.6. The molecule has 4 amide bonds. The van der Waals surface area contributed by atoms with Gasteiger partial charge in [-0.05, 0) is 111 Å². The van der Waals surface area contributed by atoms with Crippen molar-refractivity contribution in [3.8, 4) is 0 Å². The summed E-state index contributed by atoms with van der Waals surface area (Å²) in [7, 11) is 34.3. The maximum Gasteiger partial charge on any atom is 1.00 e. The van der Waals surface area contributed by atoms with Crippen molar-refractivity contribution in [1.82, 2.24) is 64.0 Å². The summed E-state index contributed by atoms with van der Waals surface area (Å²) in [6, 6.07) is 34.3. The number of methoxy groups -OCH3 is 2. The first kappa shape index (κ1) is 230. The molecule has 0 fully saturated rings. The van der Waals surface area contributed by atoms with E-state index in [1.165, 1.54) is 20.6 Å². The Kier molecular flexibility index (Phi) is 461. The van der Waals surface area contributed by atoms with Crippen molar-refractivity contribution in [2.75, 3.05) is 21.3 Å². The normalized spacial score (nSPS) is 7.00. The Morgan fingerprint density at radius 3 is 0.534 bits per heavy atom. The smallest absolute Gasteiger partial charge is 1.00 e. The zero-order chi connectivity index (χ0) is 94.2. The van der Waals surface area contributed by atoms with Gasteiger partial charge < -0.3 is 87.9 Å². The van der Waals surface area contributed by atoms with Crippen LogP contribution in [0.2, 0.25) is 0 Å². The summed E-state index contributed by atoms with van der Waals surface area (Å²) in [6.07, 6.45) is 41.7. The first-order valence-electron chi connectivity index (χ1n) is 39.5. The number of esters is 2. The summed E-state index contributed by atoms with van der Waals surface area (Å²) in [5.74, 6) is 1.76. The number of pyridine rings is 6. The number of amides is 4. The molecule has 6 aromatic heterocycles. The van der Waals surface area contributed by atoms with E-state index in [2.05, 4.69) is 85.2 Å². The fraction of sp³-hybridized carbons (Fsp3) is 0.581. The summed E-state index contributed by atoms with van der Waals surface area (Å²) in [5.41, 5.74) is 4.75. The minimum Gasteiger partial charge on any atom is -1.00 e. The Morgan fingerprint density at radius 1 is 0.323 bits per heavy atom. The molecule has 40 heteroatoms. The topological polar surface area (TPSA) is 526 Å². The summed E-state index contributed by atoms with van der Waals surface area (Å²) in [4.78, 5) is 94.1. The number of nitrogens with zero attached hydrogens (tertiary/aromatic N) is 6. The Balaban J connectivity index is -0.0000000256. The minimum atomic E-state index is -1.85. The minimum absolute atomic E-state index is 0. The van der Waals surface area contributed by atoms with Gasteiger partial charge in [-0.2, -0.15) is 0 Å². The van der Waals surface area contributed by atoms with Gasteiger partial charge in [0.25, 0.3) is 5.97 Å². The fourth-order valence-corrected chi connectivity index (χ4v) is 5.36. The number of unbranched alkanes of at least 4 members (excludes halogenated alkanes) is 11. The van der Waals surface area contributed by atoms with Crippen molar-refractivity contribution in [1.29, 1.82) is 0 Å². The van der Waals surface area contributed by atoms with Crippen molar-refractivity contribution in [2.24, 2.45) is 5.90 Å². The SMILES string of the molecule is C.C.C.C.C.C.C.CC.CC.CC.CC.CC.CC.CC.CC(=O)O.CCCCC(=O)OC.CCCCCC(=O)NC.CCCCCC(=O)NO.CCCCCC(=O)NO.CCCCCC(=O)NO.CCCCCC(=O)OC.N.N.NO.O.[CH3-].[CH3-].[Cl][Pt]([Cl])[Cl].[Cl][Pt]([Cl])[Cl].[I-].[K+].[NH2-].[Pt].c1ccncc1.c1ccncc1.c1ccncc1.c1ccncc1.c1ccncc1.c1ccncc1. The van der Waals surface area contributed by atoms with Gasteiger partial charge in [-0.15, -0.1) is 0 Å². The van der Waals surface area contributed by atoms with Crippen LogP contribution in [0.3, 0.4) is 0 Å². The molecule has 0 aliphatic heterocycles. The standard InChI is InChI=1S/C7H15NO.C7H14O2.3C6H13NO2.C6H12O2.6C5H5N.C2H4O2.7C2H6.7CH4.2CH3.6ClH.HI.K.H3NO.2H3N.H2N.H2O.3Pt/c1-3-4-5-6-7(9)8-2;1-3-4-5-6-7(8)9-2;3*1-2-3-4-5-6(8)7-9;1-3-4-5-6(7)8-2;6*1-2-4-6-5-3-1;1-2(3)4;7*1-2;;;;;;;;;;;;;;;;;;1-2;;;;;;;/h3-6H2,1-2H3,(H,8,9);3-6H2,1-2H3;3*9H,2-5H2,1H3,(H,7,8);3-5H2,1-2H3;6*1-5H;1H3,(H,3,4);7*1-2H3;7*1H4;2*1H3;7*1H;;2H,1H2;2*1H3;2*1H2;;;/q;;;;;;;;;;;;;;;;;;;;;;;;;;;2*-1;;;;;;;;+1;;;;-1;;;2*+3/p-7. The van der Waals surface area contributed by atoms with Crippen molar-refractivity contribution in [2.45, 2.75) is 345 Å². The number of ether oxygens (including phenoxy) is 2. The van der Waals surface area contributed by atoms with Gasteiger partial charge in [-0.25, -0.2) is 22.3 Å². The molecule has 0 spiro atoms. The molecule has 0 unspecified atom stereocenters. The molecule has 0 aliphatic carbocycles. The number of aromatic nitrogens is 6. The molecule has 21 N–H and O–H groups in total. The molecule has 133 heavy (non-hydrogen) atoms. The van der Waals surface area contributed by atoms with Crippen LogP contribution in [0, 0.1) is 14.9 Å². The maximum absolute atomic E-state index is 10.6. The maximum atomic E-state index is 10.6. The average Bonchev–Trinajstić information content (AvgIpc) is 1.07. The molecule has 6 aromatic rings. The Morgan fingerprint density at radius 2 is 0.444 bits per heavy atom. The number of aliphatic carboxylic acids is 1. The quantitative estimate of drug-likeness (QED) is 0.00539. The fourth-order valence-electron chi connectivity index (χ4n) is 5.36. The van der Waals surface area contributed by atoms with E-state index in [0.29, 0.717) is 38.5 Å². The predicted octanol–water partition coefficient (Wildman–Crippen LogP) is 24.4. The van der Waals surface area contributed by atoms with E-state index in [1.54, 1.807) is 97.9 Å².